The van der Waals surface area contributed by atoms with E-state index in [0.717, 1.165) is 36.9 Å². The molecule has 1 aromatic heterocycles. The van der Waals surface area contributed by atoms with Crippen molar-refractivity contribution in [3.8, 4) is 0 Å². The van der Waals surface area contributed by atoms with E-state index in [9.17, 15) is 18.0 Å². The van der Waals surface area contributed by atoms with Crippen LogP contribution in [0.4, 0.5) is 18.9 Å². The third-order valence-corrected chi connectivity index (χ3v) is 6.54. The molecule has 1 amide bonds. The van der Waals surface area contributed by atoms with E-state index in [2.05, 4.69) is 15.5 Å². The summed E-state index contributed by atoms with van der Waals surface area (Å²) in [5.74, 6) is 0.754. The van der Waals surface area contributed by atoms with E-state index >= 15 is 0 Å². The van der Waals surface area contributed by atoms with Gasteiger partial charge in [0.05, 0.1) is 16.3 Å². The van der Waals surface area contributed by atoms with Crippen molar-refractivity contribution in [3.05, 3.63) is 70.5 Å². The molecule has 1 heterocycles. The molecule has 162 valence electrons. The van der Waals surface area contributed by atoms with Gasteiger partial charge in [0.15, 0.2) is 5.16 Å². The molecule has 4 rings (SSSR count). The Kier molecular flexibility index (Phi) is 5.98. The first-order valence-electron chi connectivity index (χ1n) is 9.52. The van der Waals surface area contributed by atoms with Crippen LogP contribution < -0.4 is 5.32 Å². The number of thioether (sulfide) groups is 1. The zero-order valence-electron chi connectivity index (χ0n) is 16.4. The maximum atomic E-state index is 13.2. The lowest BCUT2D eigenvalue weighted by molar-refractivity contribution is -0.137. The molecule has 0 aliphatic heterocycles. The van der Waals surface area contributed by atoms with E-state index < -0.39 is 22.9 Å². The van der Waals surface area contributed by atoms with Gasteiger partial charge in [-0.1, -0.05) is 53.7 Å². The minimum Gasteiger partial charge on any atom is -0.323 e. The summed E-state index contributed by atoms with van der Waals surface area (Å²) in [5, 5.41) is 10.8. The fourth-order valence-electron chi connectivity index (χ4n) is 3.13. The van der Waals surface area contributed by atoms with Crippen molar-refractivity contribution < 1.29 is 18.0 Å². The van der Waals surface area contributed by atoms with Gasteiger partial charge in [-0.25, -0.2) is 0 Å². The molecule has 5 nitrogen and oxygen atoms in total. The molecular formula is C21H18ClF3N4OS. The smallest absolute Gasteiger partial charge is 0.323 e. The Bertz CT molecular complexity index is 1100. The summed E-state index contributed by atoms with van der Waals surface area (Å²) in [6, 6.07) is 11.8. The molecule has 1 saturated carbocycles. The van der Waals surface area contributed by atoms with Gasteiger partial charge in [-0.05, 0) is 36.6 Å². The van der Waals surface area contributed by atoms with E-state index in [1.165, 1.54) is 11.8 Å². The molecule has 31 heavy (non-hydrogen) atoms. The molecule has 0 spiro atoms. The summed E-state index contributed by atoms with van der Waals surface area (Å²) >= 11 is 7.25. The highest BCUT2D eigenvalue weighted by molar-refractivity contribution is 8.00. The number of rotatable bonds is 6. The number of halogens is 4. The first-order chi connectivity index (χ1) is 14.7. The number of hydrogen-bond acceptors (Lipinski definition) is 4. The molecule has 10 heteroatoms. The Morgan fingerprint density at radius 3 is 2.55 bits per heavy atom. The third kappa shape index (κ3) is 4.88. The summed E-state index contributed by atoms with van der Waals surface area (Å²) in [4.78, 5) is 13.2. The lowest BCUT2D eigenvalue weighted by atomic mass is 10.1. The summed E-state index contributed by atoms with van der Waals surface area (Å²) < 4.78 is 41.1. The van der Waals surface area contributed by atoms with Crippen molar-refractivity contribution in [1.29, 1.82) is 0 Å². The highest BCUT2D eigenvalue weighted by Gasteiger charge is 2.33. The molecular weight excluding hydrogens is 449 g/mol. The fourth-order valence-corrected chi connectivity index (χ4v) is 4.30. The van der Waals surface area contributed by atoms with Crippen LogP contribution in [0.5, 0.6) is 0 Å². The zero-order valence-corrected chi connectivity index (χ0v) is 17.9. The van der Waals surface area contributed by atoms with E-state index in [-0.39, 0.29) is 10.7 Å². The third-order valence-electron chi connectivity index (χ3n) is 4.93. The van der Waals surface area contributed by atoms with Crippen LogP contribution in [0.2, 0.25) is 5.02 Å². The number of nitrogens with one attached hydrogen (secondary N) is 1. The highest BCUT2D eigenvalue weighted by atomic mass is 35.5. The zero-order chi connectivity index (χ0) is 22.2. The number of benzene rings is 2. The van der Waals surface area contributed by atoms with Gasteiger partial charge in [0.1, 0.15) is 11.1 Å². The summed E-state index contributed by atoms with van der Waals surface area (Å²) in [5.41, 5.74) is -0.304. The SMILES string of the molecule is Cn1c(S[C@@H](C(=O)Nc2cc(C(F)(F)F)ccc2Cl)c2ccccc2)nnc1C1CC1. The lowest BCUT2D eigenvalue weighted by Gasteiger charge is -2.18. The monoisotopic (exact) mass is 466 g/mol. The van der Waals surface area contributed by atoms with Gasteiger partial charge < -0.3 is 9.88 Å². The molecule has 1 fully saturated rings. The summed E-state index contributed by atoms with van der Waals surface area (Å²) in [7, 11) is 1.85. The minimum absolute atomic E-state index is 0.0211. The van der Waals surface area contributed by atoms with Gasteiger partial charge in [-0.2, -0.15) is 13.2 Å². The molecule has 1 N–H and O–H groups in total. The Morgan fingerprint density at radius 1 is 1.19 bits per heavy atom. The maximum absolute atomic E-state index is 13.2. The van der Waals surface area contributed by atoms with Gasteiger partial charge in [-0.15, -0.1) is 10.2 Å². The van der Waals surface area contributed by atoms with Crippen molar-refractivity contribution in [2.75, 3.05) is 5.32 Å². The molecule has 2 aromatic carbocycles. The van der Waals surface area contributed by atoms with Crippen molar-refractivity contribution in [2.45, 2.75) is 35.3 Å². The fraction of sp³-hybridized carbons (Fsp3) is 0.286. The molecule has 0 radical (unpaired) electrons. The average molecular weight is 467 g/mol. The number of carbonyl (C=O) groups excluding carboxylic acids is 1. The Labute approximate surface area is 186 Å². The Morgan fingerprint density at radius 2 is 1.90 bits per heavy atom. The van der Waals surface area contributed by atoms with Crippen molar-refractivity contribution in [1.82, 2.24) is 14.8 Å². The molecule has 1 aliphatic rings. The largest absolute Gasteiger partial charge is 0.416 e. The lowest BCUT2D eigenvalue weighted by Crippen LogP contribution is -2.20. The average Bonchev–Trinajstić information content (AvgIpc) is 3.51. The number of amides is 1. The predicted octanol–water partition coefficient (Wildman–Crippen LogP) is 5.84. The quantitative estimate of drug-likeness (QED) is 0.464. The van der Waals surface area contributed by atoms with Crippen molar-refractivity contribution in [3.63, 3.8) is 0 Å². The van der Waals surface area contributed by atoms with Crippen molar-refractivity contribution >= 4 is 35.0 Å². The van der Waals surface area contributed by atoms with E-state index in [1.807, 2.05) is 17.7 Å². The molecule has 1 aliphatic carbocycles. The predicted molar refractivity (Wildman–Crippen MR) is 113 cm³/mol. The standard InChI is InChI=1S/C21H18ClF3N4OS/c1-29-18(13-7-8-13)27-28-20(29)31-17(12-5-3-2-4-6-12)19(30)26-16-11-14(21(23,24)25)9-10-15(16)22/h2-6,9-11,13,17H,7-8H2,1H3,(H,26,30)/t17-/m1/s1. The highest BCUT2D eigenvalue weighted by Crippen LogP contribution is 2.42. The molecule has 3 aromatic rings. The topological polar surface area (TPSA) is 59.8 Å². The first-order valence-corrected chi connectivity index (χ1v) is 10.8. The second-order valence-electron chi connectivity index (χ2n) is 7.26. The van der Waals surface area contributed by atoms with Gasteiger partial charge in [0.25, 0.3) is 0 Å². The van der Waals surface area contributed by atoms with Crippen LogP contribution >= 0.6 is 23.4 Å². The number of carbonyl (C=O) groups is 1. The first kappa shape index (κ1) is 21.7. The second kappa shape index (κ2) is 8.55. The number of nitrogens with zero attached hydrogens (tertiary/aromatic N) is 3. The molecule has 1 atom stereocenters. The minimum atomic E-state index is -4.55. The summed E-state index contributed by atoms with van der Waals surface area (Å²) in [6.45, 7) is 0. The number of anilines is 1. The van der Waals surface area contributed by atoms with Crippen molar-refractivity contribution in [2.24, 2.45) is 7.05 Å². The van der Waals surface area contributed by atoms with Gasteiger partial charge in [0, 0.05) is 13.0 Å². The van der Waals surface area contributed by atoms with Crippen LogP contribution in [0, 0.1) is 0 Å². The number of alkyl halides is 3. The number of aromatic nitrogens is 3. The van der Waals surface area contributed by atoms with Gasteiger partial charge in [0.2, 0.25) is 5.91 Å². The maximum Gasteiger partial charge on any atom is 0.416 e. The van der Waals surface area contributed by atoms with Crippen LogP contribution in [0.15, 0.2) is 53.7 Å². The van der Waals surface area contributed by atoms with E-state index in [0.29, 0.717) is 16.6 Å². The van der Waals surface area contributed by atoms with E-state index in [1.54, 1.807) is 24.3 Å². The van der Waals surface area contributed by atoms with Crippen LogP contribution in [-0.2, 0) is 18.0 Å². The number of hydrogen-bond donors (Lipinski definition) is 1. The second-order valence-corrected chi connectivity index (χ2v) is 8.74. The van der Waals surface area contributed by atoms with Crippen LogP contribution in [0.1, 0.15) is 41.0 Å². The summed E-state index contributed by atoms with van der Waals surface area (Å²) in [6.07, 6.45) is -2.42. The Hall–Kier alpha value is -2.52. The van der Waals surface area contributed by atoms with Crippen LogP contribution in [-0.4, -0.2) is 20.7 Å². The molecule has 0 unspecified atom stereocenters. The van der Waals surface area contributed by atoms with Gasteiger partial charge >= 0.3 is 6.18 Å². The molecule has 0 bridgehead atoms. The van der Waals surface area contributed by atoms with Gasteiger partial charge in [-0.3, -0.25) is 4.79 Å². The molecule has 0 saturated heterocycles. The van der Waals surface area contributed by atoms with Crippen LogP contribution in [0.25, 0.3) is 0 Å². The van der Waals surface area contributed by atoms with E-state index in [4.69, 9.17) is 11.6 Å². The Balaban J connectivity index is 1.62. The van der Waals surface area contributed by atoms with Crippen LogP contribution in [0.3, 0.4) is 0 Å². The normalized spacial score (nSPS) is 15.0.